The summed E-state index contributed by atoms with van der Waals surface area (Å²) < 4.78 is 28.0. The molecule has 3 aliphatic heterocycles. The molecule has 3 atom stereocenters. The first-order valence-electron chi connectivity index (χ1n) is 11.4. The Morgan fingerprint density at radius 1 is 1.06 bits per heavy atom. The molecule has 2 amide bonds. The molecule has 0 aromatic heterocycles. The molecule has 0 aliphatic carbocycles. The number of nitrogens with zero attached hydrogens (tertiary/aromatic N) is 2. The van der Waals surface area contributed by atoms with Gasteiger partial charge in [-0.3, -0.25) is 9.59 Å². The first kappa shape index (κ1) is 23.1. The van der Waals surface area contributed by atoms with Gasteiger partial charge in [-0.05, 0) is 60.2 Å². The Hall–Kier alpha value is -2.62. The zero-order chi connectivity index (χ0) is 23.9. The number of rotatable bonds is 5. The van der Waals surface area contributed by atoms with Crippen LogP contribution in [0.1, 0.15) is 27.9 Å². The number of benzene rings is 2. The van der Waals surface area contributed by atoms with Gasteiger partial charge in [0.25, 0.3) is 5.91 Å². The van der Waals surface area contributed by atoms with Crippen LogP contribution >= 0.6 is 11.8 Å². The Morgan fingerprint density at radius 2 is 1.79 bits per heavy atom. The van der Waals surface area contributed by atoms with Crippen LogP contribution in [0.4, 0.5) is 0 Å². The zero-order valence-electron chi connectivity index (χ0n) is 18.7. The maximum absolute atomic E-state index is 13.2. The summed E-state index contributed by atoms with van der Waals surface area (Å²) >= 11 is 1.62. The molecular weight excluding hydrogens is 470 g/mol. The largest absolute Gasteiger partial charge is 0.341 e. The molecule has 0 saturated carbocycles. The molecule has 1 N–H and O–H groups in total. The average Bonchev–Trinajstić information content (AvgIpc) is 3.42. The van der Waals surface area contributed by atoms with Crippen molar-refractivity contribution in [3.05, 3.63) is 77.9 Å². The highest BCUT2D eigenvalue weighted by molar-refractivity contribution is 8.00. The van der Waals surface area contributed by atoms with Gasteiger partial charge in [-0.15, -0.1) is 11.8 Å². The summed E-state index contributed by atoms with van der Waals surface area (Å²) in [7, 11) is -3.64. The fourth-order valence-electron chi connectivity index (χ4n) is 5.00. The van der Waals surface area contributed by atoms with Crippen molar-refractivity contribution in [2.24, 2.45) is 5.92 Å². The summed E-state index contributed by atoms with van der Waals surface area (Å²) in [4.78, 5) is 26.6. The summed E-state index contributed by atoms with van der Waals surface area (Å²) in [5.74, 6) is -0.0822. The Bertz CT molecular complexity index is 1210. The van der Waals surface area contributed by atoms with E-state index in [9.17, 15) is 18.0 Å². The van der Waals surface area contributed by atoms with E-state index in [-0.39, 0.29) is 33.3 Å². The number of amides is 2. The minimum Gasteiger partial charge on any atom is -0.341 e. The van der Waals surface area contributed by atoms with E-state index in [0.29, 0.717) is 31.7 Å². The third kappa shape index (κ3) is 4.39. The van der Waals surface area contributed by atoms with Crippen LogP contribution in [-0.2, 0) is 27.8 Å². The zero-order valence-corrected chi connectivity index (χ0v) is 20.4. The van der Waals surface area contributed by atoms with Gasteiger partial charge in [-0.25, -0.2) is 8.42 Å². The van der Waals surface area contributed by atoms with Gasteiger partial charge in [0.1, 0.15) is 0 Å². The van der Waals surface area contributed by atoms with Crippen molar-refractivity contribution < 1.29 is 18.0 Å². The van der Waals surface area contributed by atoms with E-state index in [0.717, 1.165) is 18.4 Å². The van der Waals surface area contributed by atoms with Gasteiger partial charge >= 0.3 is 0 Å². The smallest absolute Gasteiger partial charge is 0.254 e. The molecule has 2 fully saturated rings. The molecule has 2 saturated heterocycles. The number of carbonyl (C=O) groups is 2. The van der Waals surface area contributed by atoms with Crippen molar-refractivity contribution in [3.8, 4) is 0 Å². The highest BCUT2D eigenvalue weighted by Gasteiger charge is 2.45. The minimum atomic E-state index is -3.64. The number of sulfonamides is 1. The Kier molecular flexibility index (Phi) is 6.26. The Morgan fingerprint density at radius 3 is 2.50 bits per heavy atom. The highest BCUT2D eigenvalue weighted by atomic mass is 32.2. The van der Waals surface area contributed by atoms with Crippen molar-refractivity contribution in [1.82, 2.24) is 14.5 Å². The standard InChI is InChI=1S/C25H27N3O4S2/c1-2-23(29)26-24-13-20-15-28(16-22(20)33-24)34(31,32)21-9-7-18(8-10-21)25(30)27-12-11-17-5-3-4-6-19(17)14-27/h2-10,20,22,24H,1,11-16H2,(H,26,29). The van der Waals surface area contributed by atoms with E-state index in [4.69, 9.17) is 0 Å². The van der Waals surface area contributed by atoms with E-state index in [2.05, 4.69) is 18.0 Å². The number of fused-ring (bicyclic) bond motifs is 2. The molecule has 5 rings (SSSR count). The highest BCUT2D eigenvalue weighted by Crippen LogP contribution is 2.43. The van der Waals surface area contributed by atoms with Crippen molar-refractivity contribution in [2.45, 2.75) is 34.9 Å². The van der Waals surface area contributed by atoms with E-state index in [1.165, 1.54) is 28.1 Å². The molecule has 0 radical (unpaired) electrons. The van der Waals surface area contributed by atoms with Crippen molar-refractivity contribution in [2.75, 3.05) is 19.6 Å². The SMILES string of the molecule is C=CC(=O)NC1CC2CN(S(=O)(=O)c3ccc(C(=O)N4CCc5ccccc5C4)cc3)CC2S1. The molecule has 7 nitrogen and oxygen atoms in total. The van der Waals surface area contributed by atoms with Gasteiger partial charge in [0.05, 0.1) is 10.3 Å². The molecular formula is C25H27N3O4S2. The van der Waals surface area contributed by atoms with Gasteiger partial charge in [-0.1, -0.05) is 30.8 Å². The molecule has 178 valence electrons. The lowest BCUT2D eigenvalue weighted by Crippen LogP contribution is -2.36. The van der Waals surface area contributed by atoms with Gasteiger partial charge < -0.3 is 10.2 Å². The van der Waals surface area contributed by atoms with Crippen LogP contribution < -0.4 is 5.32 Å². The van der Waals surface area contributed by atoms with Crippen LogP contribution in [0.15, 0.2) is 66.1 Å². The van der Waals surface area contributed by atoms with Crippen LogP contribution in [0.5, 0.6) is 0 Å². The molecule has 0 spiro atoms. The van der Waals surface area contributed by atoms with E-state index in [1.807, 2.05) is 23.1 Å². The third-order valence-electron chi connectivity index (χ3n) is 6.85. The van der Waals surface area contributed by atoms with Crippen molar-refractivity contribution in [1.29, 1.82) is 0 Å². The quantitative estimate of drug-likeness (QED) is 0.642. The monoisotopic (exact) mass is 497 g/mol. The lowest BCUT2D eigenvalue weighted by Gasteiger charge is -2.29. The Labute approximate surface area is 204 Å². The molecule has 3 heterocycles. The van der Waals surface area contributed by atoms with Crippen LogP contribution in [0.2, 0.25) is 0 Å². The normalized spacial score (nSPS) is 24.4. The maximum atomic E-state index is 13.2. The average molecular weight is 498 g/mol. The van der Waals surface area contributed by atoms with Crippen molar-refractivity contribution in [3.63, 3.8) is 0 Å². The van der Waals surface area contributed by atoms with Gasteiger partial charge in [-0.2, -0.15) is 4.31 Å². The second-order valence-corrected chi connectivity index (χ2v) is 12.3. The third-order valence-corrected chi connectivity index (χ3v) is 10.2. The minimum absolute atomic E-state index is 0.00241. The molecule has 9 heteroatoms. The summed E-state index contributed by atoms with van der Waals surface area (Å²) in [6.45, 7) is 5.55. The summed E-state index contributed by atoms with van der Waals surface area (Å²) in [6.07, 6.45) is 2.82. The number of hydrogen-bond donors (Lipinski definition) is 1. The second kappa shape index (κ2) is 9.20. The lowest BCUT2D eigenvalue weighted by molar-refractivity contribution is -0.116. The number of thioether (sulfide) groups is 1. The van der Waals surface area contributed by atoms with E-state index in [1.54, 1.807) is 23.9 Å². The molecule has 34 heavy (non-hydrogen) atoms. The summed E-state index contributed by atoms with van der Waals surface area (Å²) in [5.41, 5.74) is 2.92. The molecule has 3 aliphatic rings. The molecule has 2 aromatic carbocycles. The van der Waals surface area contributed by atoms with Gasteiger partial charge in [0.2, 0.25) is 15.9 Å². The first-order chi connectivity index (χ1) is 16.3. The number of carbonyl (C=O) groups excluding carboxylic acids is 2. The number of nitrogens with one attached hydrogen (secondary N) is 1. The second-order valence-electron chi connectivity index (χ2n) is 8.96. The molecule has 0 bridgehead atoms. The van der Waals surface area contributed by atoms with Crippen LogP contribution in [0, 0.1) is 5.92 Å². The van der Waals surface area contributed by atoms with E-state index < -0.39 is 10.0 Å². The fraction of sp³-hybridized carbons (Fsp3) is 0.360. The summed E-state index contributed by atoms with van der Waals surface area (Å²) in [6, 6.07) is 14.4. The van der Waals surface area contributed by atoms with Crippen LogP contribution in [-0.4, -0.2) is 59.7 Å². The van der Waals surface area contributed by atoms with Gasteiger partial charge in [0, 0.05) is 37.0 Å². The predicted octanol–water partition coefficient (Wildman–Crippen LogP) is 2.64. The Balaban J connectivity index is 1.23. The predicted molar refractivity (Wildman–Crippen MR) is 132 cm³/mol. The fourth-order valence-corrected chi connectivity index (χ4v) is 8.27. The lowest BCUT2D eigenvalue weighted by atomic mass is 9.99. The van der Waals surface area contributed by atoms with Crippen LogP contribution in [0.3, 0.4) is 0 Å². The van der Waals surface area contributed by atoms with E-state index >= 15 is 0 Å². The van der Waals surface area contributed by atoms with Crippen molar-refractivity contribution >= 4 is 33.6 Å². The maximum Gasteiger partial charge on any atom is 0.254 e. The molecule has 3 unspecified atom stereocenters. The van der Waals surface area contributed by atoms with Crippen LogP contribution in [0.25, 0.3) is 0 Å². The molecule has 2 aromatic rings. The number of hydrogen-bond acceptors (Lipinski definition) is 5. The topological polar surface area (TPSA) is 86.8 Å². The van der Waals surface area contributed by atoms with Gasteiger partial charge in [0.15, 0.2) is 0 Å². The summed E-state index contributed by atoms with van der Waals surface area (Å²) in [5, 5.41) is 3.05. The first-order valence-corrected chi connectivity index (χ1v) is 13.8.